The number of carboxylic acid groups (broad SMARTS) is 1. The van der Waals surface area contributed by atoms with E-state index < -0.39 is 12.0 Å². The molecule has 1 rings (SSSR count). The summed E-state index contributed by atoms with van der Waals surface area (Å²) in [4.78, 5) is 14.4. The summed E-state index contributed by atoms with van der Waals surface area (Å²) in [7, 11) is 0. The molecule has 17 heavy (non-hydrogen) atoms. The molecule has 0 saturated carbocycles. The zero-order valence-corrected chi connectivity index (χ0v) is 11.2. The van der Waals surface area contributed by atoms with Gasteiger partial charge in [-0.05, 0) is 23.8 Å². The number of aromatic nitrogens is 1. The summed E-state index contributed by atoms with van der Waals surface area (Å²) in [6.07, 6.45) is 0.429. The van der Waals surface area contributed by atoms with Crippen LogP contribution < -0.4 is 5.73 Å². The van der Waals surface area contributed by atoms with Crippen LogP contribution in [0.1, 0.15) is 12.0 Å². The van der Waals surface area contributed by atoms with Gasteiger partial charge in [-0.15, -0.1) is 0 Å². The highest BCUT2D eigenvalue weighted by molar-refractivity contribution is 7.98. The number of aliphatic carboxylic acids is 1. The van der Waals surface area contributed by atoms with Crippen LogP contribution in [0.4, 0.5) is 0 Å². The quantitative estimate of drug-likeness (QED) is 0.622. The molecule has 0 fully saturated rings. The van der Waals surface area contributed by atoms with Crippen LogP contribution in [-0.4, -0.2) is 27.9 Å². The van der Waals surface area contributed by atoms with E-state index in [0.717, 1.165) is 5.56 Å². The first kappa shape index (κ1) is 14.6. The zero-order valence-electron chi connectivity index (χ0n) is 8.90. The van der Waals surface area contributed by atoms with E-state index in [2.05, 4.69) is 4.98 Å². The van der Waals surface area contributed by atoms with Crippen molar-refractivity contribution in [2.24, 2.45) is 5.73 Å². The second-order valence-electron chi connectivity index (χ2n) is 3.37. The molecular weight excluding hydrogens is 283 g/mol. The lowest BCUT2D eigenvalue weighted by molar-refractivity contribution is -0.138. The molecule has 0 aliphatic rings. The summed E-state index contributed by atoms with van der Waals surface area (Å²) in [6.45, 7) is 0. The fraction of sp³-hybridized carbons (Fsp3) is 0.400. The summed E-state index contributed by atoms with van der Waals surface area (Å²) in [6, 6.07) is 2.68. The molecule has 94 valence electrons. The summed E-state index contributed by atoms with van der Waals surface area (Å²) in [5, 5.41) is 9.33. The summed E-state index contributed by atoms with van der Waals surface area (Å²) in [5.41, 5.74) is 6.26. The summed E-state index contributed by atoms with van der Waals surface area (Å²) in [5.74, 6) is 0.346. The van der Waals surface area contributed by atoms with Gasteiger partial charge in [-0.3, -0.25) is 4.79 Å². The van der Waals surface area contributed by atoms with Crippen molar-refractivity contribution in [1.29, 1.82) is 0 Å². The number of thioether (sulfide) groups is 1. The maximum absolute atomic E-state index is 10.5. The van der Waals surface area contributed by atoms with Crippen LogP contribution in [0, 0.1) is 0 Å². The van der Waals surface area contributed by atoms with Gasteiger partial charge in [-0.25, -0.2) is 4.98 Å². The molecule has 0 aliphatic heterocycles. The van der Waals surface area contributed by atoms with E-state index in [0.29, 0.717) is 28.2 Å². The molecule has 0 bridgehead atoms. The Kier molecular flexibility index (Phi) is 6.05. The highest BCUT2D eigenvalue weighted by atomic mass is 35.5. The monoisotopic (exact) mass is 294 g/mol. The second-order valence-corrected chi connectivity index (χ2v) is 5.22. The molecule has 7 heteroatoms. The topological polar surface area (TPSA) is 76.2 Å². The molecule has 1 heterocycles. The maximum Gasteiger partial charge on any atom is 0.320 e. The minimum atomic E-state index is -0.975. The molecule has 0 amide bonds. The van der Waals surface area contributed by atoms with Crippen molar-refractivity contribution in [1.82, 2.24) is 4.98 Å². The molecule has 1 unspecified atom stereocenters. The maximum atomic E-state index is 10.5. The van der Waals surface area contributed by atoms with Gasteiger partial charge in [0.1, 0.15) is 16.3 Å². The Morgan fingerprint density at radius 2 is 2.24 bits per heavy atom. The minimum absolute atomic E-state index is 0.358. The van der Waals surface area contributed by atoms with Crippen molar-refractivity contribution >= 4 is 40.9 Å². The van der Waals surface area contributed by atoms with Crippen LogP contribution >= 0.6 is 35.0 Å². The Bertz CT molecular complexity index is 404. The molecule has 0 saturated heterocycles. The second kappa shape index (κ2) is 7.06. The van der Waals surface area contributed by atoms with Crippen molar-refractivity contribution in [2.45, 2.75) is 18.2 Å². The minimum Gasteiger partial charge on any atom is -0.480 e. The smallest absolute Gasteiger partial charge is 0.320 e. The number of carboxylic acids is 1. The van der Waals surface area contributed by atoms with Gasteiger partial charge >= 0.3 is 5.97 Å². The van der Waals surface area contributed by atoms with Crippen molar-refractivity contribution in [3.8, 4) is 0 Å². The molecule has 4 nitrogen and oxygen atoms in total. The predicted molar refractivity (Wildman–Crippen MR) is 70.6 cm³/mol. The normalized spacial score (nSPS) is 12.4. The summed E-state index contributed by atoms with van der Waals surface area (Å²) >= 11 is 13.1. The number of nitrogens with two attached hydrogens (primary N) is 1. The third-order valence-electron chi connectivity index (χ3n) is 2.04. The molecule has 0 aromatic carbocycles. The average molecular weight is 295 g/mol. The van der Waals surface area contributed by atoms with Crippen molar-refractivity contribution in [3.05, 3.63) is 28.0 Å². The Morgan fingerprint density at radius 3 is 2.82 bits per heavy atom. The third kappa shape index (κ3) is 5.12. The first-order valence-corrected chi connectivity index (χ1v) is 6.79. The number of hydrogen-bond acceptors (Lipinski definition) is 4. The SMILES string of the molecule is NC(CCSCc1ccc(Cl)nc1Cl)C(=O)O. The molecule has 0 spiro atoms. The van der Waals surface area contributed by atoms with Gasteiger partial charge < -0.3 is 10.8 Å². The van der Waals surface area contributed by atoms with Gasteiger partial charge in [-0.2, -0.15) is 11.8 Å². The number of pyridine rings is 1. The number of halogens is 2. The van der Waals surface area contributed by atoms with Gasteiger partial charge in [0, 0.05) is 5.75 Å². The van der Waals surface area contributed by atoms with Crippen LogP contribution in [0.2, 0.25) is 10.3 Å². The van der Waals surface area contributed by atoms with E-state index in [1.54, 1.807) is 17.8 Å². The largest absolute Gasteiger partial charge is 0.480 e. The van der Waals surface area contributed by atoms with E-state index >= 15 is 0 Å². The van der Waals surface area contributed by atoms with E-state index in [1.165, 1.54) is 0 Å². The highest BCUT2D eigenvalue weighted by Crippen LogP contribution is 2.21. The van der Waals surface area contributed by atoms with Gasteiger partial charge in [0.2, 0.25) is 0 Å². The molecule has 1 aromatic rings. The van der Waals surface area contributed by atoms with Crippen molar-refractivity contribution in [2.75, 3.05) is 5.75 Å². The lowest BCUT2D eigenvalue weighted by atomic mass is 10.2. The molecular formula is C10H12Cl2N2O2S. The lowest BCUT2D eigenvalue weighted by Crippen LogP contribution is -2.30. The van der Waals surface area contributed by atoms with Gasteiger partial charge in [0.25, 0.3) is 0 Å². The van der Waals surface area contributed by atoms with E-state index in [9.17, 15) is 4.79 Å². The predicted octanol–water partition coefficient (Wildman–Crippen LogP) is 2.42. The number of carbonyl (C=O) groups is 1. The molecule has 1 atom stereocenters. The standard InChI is InChI=1S/C10H12Cl2N2O2S/c11-8-2-1-6(9(12)14-8)5-17-4-3-7(13)10(15)16/h1-2,7H,3-5,13H2,(H,15,16). The van der Waals surface area contributed by atoms with Crippen molar-refractivity contribution < 1.29 is 9.90 Å². The zero-order chi connectivity index (χ0) is 12.8. The van der Waals surface area contributed by atoms with Crippen LogP contribution in [-0.2, 0) is 10.5 Å². The summed E-state index contributed by atoms with van der Waals surface area (Å²) < 4.78 is 0. The van der Waals surface area contributed by atoms with Gasteiger partial charge in [-0.1, -0.05) is 29.3 Å². The lowest BCUT2D eigenvalue weighted by Gasteiger charge is -2.06. The highest BCUT2D eigenvalue weighted by Gasteiger charge is 2.10. The Labute approximate surface area is 114 Å². The van der Waals surface area contributed by atoms with Gasteiger partial charge in [0.15, 0.2) is 0 Å². The van der Waals surface area contributed by atoms with Crippen LogP contribution in [0.5, 0.6) is 0 Å². The Morgan fingerprint density at radius 1 is 1.53 bits per heavy atom. The first-order chi connectivity index (χ1) is 8.00. The van der Waals surface area contributed by atoms with Crippen molar-refractivity contribution in [3.63, 3.8) is 0 Å². The Balaban J connectivity index is 2.34. The molecule has 3 N–H and O–H groups in total. The van der Waals surface area contributed by atoms with Crippen LogP contribution in [0.25, 0.3) is 0 Å². The average Bonchev–Trinajstić information content (AvgIpc) is 2.26. The van der Waals surface area contributed by atoms with E-state index in [-0.39, 0.29) is 0 Å². The third-order valence-corrected chi connectivity index (χ3v) is 3.62. The van der Waals surface area contributed by atoms with Crippen LogP contribution in [0.3, 0.4) is 0 Å². The van der Waals surface area contributed by atoms with Gasteiger partial charge in [0.05, 0.1) is 0 Å². The number of rotatable bonds is 6. The first-order valence-electron chi connectivity index (χ1n) is 4.87. The molecule has 1 aromatic heterocycles. The fourth-order valence-electron chi connectivity index (χ4n) is 1.06. The van der Waals surface area contributed by atoms with E-state index in [1.807, 2.05) is 6.07 Å². The van der Waals surface area contributed by atoms with E-state index in [4.69, 9.17) is 34.0 Å². The number of hydrogen-bond donors (Lipinski definition) is 2. The number of nitrogens with zero attached hydrogens (tertiary/aromatic N) is 1. The Hall–Kier alpha value is -0.490. The fourth-order valence-corrected chi connectivity index (χ4v) is 2.57. The van der Waals surface area contributed by atoms with Crippen LogP contribution in [0.15, 0.2) is 12.1 Å². The molecule has 0 radical (unpaired) electrons. The molecule has 0 aliphatic carbocycles.